The van der Waals surface area contributed by atoms with Crippen molar-refractivity contribution in [3.05, 3.63) is 29.8 Å². The zero-order chi connectivity index (χ0) is 16.1. The summed E-state index contributed by atoms with van der Waals surface area (Å²) in [4.78, 5) is 17.0. The Balaban J connectivity index is 1.89. The van der Waals surface area contributed by atoms with Crippen molar-refractivity contribution in [3.8, 4) is 0 Å². The molecule has 0 bridgehead atoms. The van der Waals surface area contributed by atoms with Gasteiger partial charge in [-0.1, -0.05) is 25.1 Å². The van der Waals surface area contributed by atoms with Crippen LogP contribution in [0.5, 0.6) is 0 Å². The number of anilines is 1. The lowest BCUT2D eigenvalue weighted by molar-refractivity contribution is -0.126. The Hall–Kier alpha value is -1.55. The van der Waals surface area contributed by atoms with Gasteiger partial charge in [-0.2, -0.15) is 0 Å². The smallest absolute Gasteiger partial charge is 0.237 e. The minimum Gasteiger partial charge on any atom is -0.369 e. The standard InChI is InChI=1S/C18H29N3O/c1-5-15(3)19-18(22)16(4)20-10-12-21(13-11-20)17-9-7-6-8-14(17)2/h6-9,15-16H,5,10-13H2,1-4H3,(H,19,22)/t15-,16+/m0/s1. The molecular weight excluding hydrogens is 274 g/mol. The van der Waals surface area contributed by atoms with Crippen LogP contribution in [0.25, 0.3) is 0 Å². The molecule has 1 aliphatic heterocycles. The van der Waals surface area contributed by atoms with Gasteiger partial charge in [-0.3, -0.25) is 9.69 Å². The zero-order valence-electron chi connectivity index (χ0n) is 14.3. The van der Waals surface area contributed by atoms with E-state index in [0.717, 1.165) is 32.6 Å². The first-order valence-electron chi connectivity index (χ1n) is 8.38. The molecule has 0 aliphatic carbocycles. The Kier molecular flexibility index (Phi) is 5.83. The fourth-order valence-corrected chi connectivity index (χ4v) is 2.90. The van der Waals surface area contributed by atoms with Gasteiger partial charge in [0, 0.05) is 37.9 Å². The average Bonchev–Trinajstić information content (AvgIpc) is 2.54. The van der Waals surface area contributed by atoms with Gasteiger partial charge in [-0.15, -0.1) is 0 Å². The van der Waals surface area contributed by atoms with Gasteiger partial charge in [0.15, 0.2) is 0 Å². The first-order chi connectivity index (χ1) is 10.5. The fraction of sp³-hybridized carbons (Fsp3) is 0.611. The predicted molar refractivity (Wildman–Crippen MR) is 92.3 cm³/mol. The maximum absolute atomic E-state index is 12.3. The summed E-state index contributed by atoms with van der Waals surface area (Å²) in [7, 11) is 0. The van der Waals surface area contributed by atoms with Crippen LogP contribution >= 0.6 is 0 Å². The van der Waals surface area contributed by atoms with Crippen molar-refractivity contribution in [2.45, 2.75) is 46.2 Å². The molecule has 4 heteroatoms. The molecule has 1 aromatic carbocycles. The van der Waals surface area contributed by atoms with Crippen molar-refractivity contribution in [2.24, 2.45) is 0 Å². The molecule has 1 saturated heterocycles. The molecule has 4 nitrogen and oxygen atoms in total. The Bertz CT molecular complexity index is 495. The van der Waals surface area contributed by atoms with Crippen molar-refractivity contribution in [1.82, 2.24) is 10.2 Å². The quantitative estimate of drug-likeness (QED) is 0.907. The lowest BCUT2D eigenvalue weighted by Gasteiger charge is -2.39. The van der Waals surface area contributed by atoms with Gasteiger partial charge in [0.2, 0.25) is 5.91 Å². The molecule has 0 radical (unpaired) electrons. The Labute approximate surface area is 134 Å². The number of para-hydroxylation sites is 1. The van der Waals surface area contributed by atoms with E-state index in [2.05, 4.69) is 60.2 Å². The van der Waals surface area contributed by atoms with Crippen LogP contribution in [0.15, 0.2) is 24.3 Å². The molecule has 1 fully saturated rings. The molecular formula is C18H29N3O. The van der Waals surface area contributed by atoms with E-state index in [-0.39, 0.29) is 18.0 Å². The number of aryl methyl sites for hydroxylation is 1. The van der Waals surface area contributed by atoms with E-state index in [0.29, 0.717) is 0 Å². The first kappa shape index (κ1) is 16.8. The molecule has 2 atom stereocenters. The lowest BCUT2D eigenvalue weighted by atomic mass is 10.1. The molecule has 0 spiro atoms. The number of hydrogen-bond acceptors (Lipinski definition) is 3. The van der Waals surface area contributed by atoms with E-state index in [1.54, 1.807) is 0 Å². The topological polar surface area (TPSA) is 35.6 Å². The number of benzene rings is 1. The van der Waals surface area contributed by atoms with Crippen LogP contribution < -0.4 is 10.2 Å². The number of piperazine rings is 1. The molecule has 1 N–H and O–H groups in total. The molecule has 0 unspecified atom stereocenters. The molecule has 1 amide bonds. The molecule has 122 valence electrons. The Morgan fingerprint density at radius 2 is 1.82 bits per heavy atom. The Morgan fingerprint density at radius 1 is 1.18 bits per heavy atom. The first-order valence-corrected chi connectivity index (χ1v) is 8.38. The van der Waals surface area contributed by atoms with E-state index in [9.17, 15) is 4.79 Å². The van der Waals surface area contributed by atoms with E-state index < -0.39 is 0 Å². The van der Waals surface area contributed by atoms with E-state index in [1.165, 1.54) is 11.3 Å². The third-order valence-corrected chi connectivity index (χ3v) is 4.70. The van der Waals surface area contributed by atoms with Crippen LogP contribution in [-0.2, 0) is 4.79 Å². The van der Waals surface area contributed by atoms with Gasteiger partial charge < -0.3 is 10.2 Å². The van der Waals surface area contributed by atoms with Crippen LogP contribution in [-0.4, -0.2) is 49.1 Å². The van der Waals surface area contributed by atoms with Crippen LogP contribution in [0, 0.1) is 6.92 Å². The summed E-state index contributed by atoms with van der Waals surface area (Å²) in [5.74, 6) is 0.152. The van der Waals surface area contributed by atoms with Crippen molar-refractivity contribution in [3.63, 3.8) is 0 Å². The van der Waals surface area contributed by atoms with Crippen molar-refractivity contribution >= 4 is 11.6 Å². The highest BCUT2D eigenvalue weighted by atomic mass is 16.2. The second-order valence-corrected chi connectivity index (χ2v) is 6.30. The molecule has 2 rings (SSSR count). The van der Waals surface area contributed by atoms with Gasteiger partial charge in [-0.25, -0.2) is 0 Å². The van der Waals surface area contributed by atoms with E-state index in [1.807, 2.05) is 6.92 Å². The predicted octanol–water partition coefficient (Wildman–Crippen LogP) is 2.42. The molecule has 0 saturated carbocycles. The van der Waals surface area contributed by atoms with Crippen molar-refractivity contribution < 1.29 is 4.79 Å². The van der Waals surface area contributed by atoms with Gasteiger partial charge in [0.25, 0.3) is 0 Å². The van der Waals surface area contributed by atoms with Gasteiger partial charge in [0.1, 0.15) is 0 Å². The van der Waals surface area contributed by atoms with Gasteiger partial charge in [-0.05, 0) is 38.8 Å². The number of nitrogens with zero attached hydrogens (tertiary/aromatic N) is 2. The zero-order valence-corrected chi connectivity index (χ0v) is 14.3. The van der Waals surface area contributed by atoms with Crippen molar-refractivity contribution in [1.29, 1.82) is 0 Å². The van der Waals surface area contributed by atoms with Crippen LogP contribution in [0.2, 0.25) is 0 Å². The summed E-state index contributed by atoms with van der Waals surface area (Å²) < 4.78 is 0. The monoisotopic (exact) mass is 303 g/mol. The maximum atomic E-state index is 12.3. The molecule has 1 aromatic rings. The van der Waals surface area contributed by atoms with E-state index >= 15 is 0 Å². The summed E-state index contributed by atoms with van der Waals surface area (Å²) in [5.41, 5.74) is 2.64. The normalized spacial score (nSPS) is 18.8. The molecule has 1 heterocycles. The minimum atomic E-state index is -0.0481. The highest BCUT2D eigenvalue weighted by molar-refractivity contribution is 5.81. The summed E-state index contributed by atoms with van der Waals surface area (Å²) in [6.45, 7) is 12.1. The van der Waals surface area contributed by atoms with Crippen molar-refractivity contribution in [2.75, 3.05) is 31.1 Å². The largest absolute Gasteiger partial charge is 0.369 e. The Morgan fingerprint density at radius 3 is 2.41 bits per heavy atom. The maximum Gasteiger partial charge on any atom is 0.237 e. The SMILES string of the molecule is CC[C@H](C)NC(=O)[C@@H](C)N1CCN(c2ccccc2C)CC1. The van der Waals surface area contributed by atoms with Gasteiger partial charge in [0.05, 0.1) is 6.04 Å². The number of carbonyl (C=O) groups excluding carboxylic acids is 1. The minimum absolute atomic E-state index is 0.0481. The summed E-state index contributed by atoms with van der Waals surface area (Å²) in [6, 6.07) is 8.72. The molecule has 22 heavy (non-hydrogen) atoms. The average molecular weight is 303 g/mol. The second-order valence-electron chi connectivity index (χ2n) is 6.30. The third-order valence-electron chi connectivity index (χ3n) is 4.70. The summed E-state index contributed by atoms with van der Waals surface area (Å²) >= 11 is 0. The summed E-state index contributed by atoms with van der Waals surface area (Å²) in [5, 5.41) is 3.08. The number of amides is 1. The lowest BCUT2D eigenvalue weighted by Crippen LogP contribution is -2.54. The highest BCUT2D eigenvalue weighted by Crippen LogP contribution is 2.21. The third kappa shape index (κ3) is 4.01. The van der Waals surface area contributed by atoms with Gasteiger partial charge >= 0.3 is 0 Å². The van der Waals surface area contributed by atoms with Crippen LogP contribution in [0.3, 0.4) is 0 Å². The summed E-state index contributed by atoms with van der Waals surface area (Å²) in [6.07, 6.45) is 0.972. The number of rotatable bonds is 5. The number of hydrogen-bond donors (Lipinski definition) is 1. The number of carbonyl (C=O) groups is 1. The fourth-order valence-electron chi connectivity index (χ4n) is 2.90. The van der Waals surface area contributed by atoms with Crippen LogP contribution in [0.1, 0.15) is 32.8 Å². The molecule has 0 aromatic heterocycles. The number of nitrogens with one attached hydrogen (secondary N) is 1. The molecule has 1 aliphatic rings. The highest BCUT2D eigenvalue weighted by Gasteiger charge is 2.26. The van der Waals surface area contributed by atoms with E-state index in [4.69, 9.17) is 0 Å². The second kappa shape index (κ2) is 7.63. The van der Waals surface area contributed by atoms with Crippen LogP contribution in [0.4, 0.5) is 5.69 Å².